The molecule has 0 aliphatic rings. The minimum Gasteiger partial charge on any atom is -0.465 e. The zero-order valence-corrected chi connectivity index (χ0v) is 11.3. The lowest BCUT2D eigenvalue weighted by molar-refractivity contribution is 0.0600. The van der Waals surface area contributed by atoms with Crippen molar-refractivity contribution in [1.29, 1.82) is 0 Å². The van der Waals surface area contributed by atoms with Gasteiger partial charge in [0.1, 0.15) is 17.5 Å². The van der Waals surface area contributed by atoms with E-state index in [2.05, 4.69) is 10.1 Å². The molecule has 0 spiro atoms. The monoisotopic (exact) mass is 309 g/mol. The van der Waals surface area contributed by atoms with E-state index in [1.165, 1.54) is 6.07 Å². The Kier molecular flexibility index (Phi) is 4.45. The average Bonchev–Trinajstić information content (AvgIpc) is 2.48. The molecule has 1 N–H and O–H groups in total. The van der Waals surface area contributed by atoms with Gasteiger partial charge in [-0.05, 0) is 30.3 Å². The summed E-state index contributed by atoms with van der Waals surface area (Å²) < 4.78 is 44.4. The van der Waals surface area contributed by atoms with Crippen molar-refractivity contribution >= 4 is 17.6 Å². The number of amides is 1. The molecular weight excluding hydrogens is 299 g/mol. The lowest BCUT2D eigenvalue weighted by atomic mass is 10.1. The van der Waals surface area contributed by atoms with Crippen LogP contribution in [0.25, 0.3) is 0 Å². The fourth-order valence-corrected chi connectivity index (χ4v) is 1.73. The van der Waals surface area contributed by atoms with E-state index in [0.717, 1.165) is 31.4 Å². The highest BCUT2D eigenvalue weighted by molar-refractivity contribution is 6.05. The summed E-state index contributed by atoms with van der Waals surface area (Å²) in [5.74, 6) is -4.43. The van der Waals surface area contributed by atoms with Crippen LogP contribution in [0.3, 0.4) is 0 Å². The van der Waals surface area contributed by atoms with E-state index < -0.39 is 34.9 Å². The van der Waals surface area contributed by atoms with Gasteiger partial charge in [-0.1, -0.05) is 0 Å². The van der Waals surface area contributed by atoms with Gasteiger partial charge in [0.25, 0.3) is 5.91 Å². The Balaban J connectivity index is 2.29. The quantitative estimate of drug-likeness (QED) is 0.886. The third kappa shape index (κ3) is 3.25. The zero-order chi connectivity index (χ0) is 16.3. The summed E-state index contributed by atoms with van der Waals surface area (Å²) in [5, 5.41) is 2.12. The molecule has 0 heterocycles. The largest absolute Gasteiger partial charge is 0.465 e. The maximum atomic E-state index is 13.7. The second kappa shape index (κ2) is 6.30. The smallest absolute Gasteiger partial charge is 0.337 e. The van der Waals surface area contributed by atoms with Gasteiger partial charge in [0.2, 0.25) is 0 Å². The third-order valence-corrected chi connectivity index (χ3v) is 2.81. The van der Waals surface area contributed by atoms with Crippen LogP contribution in [-0.4, -0.2) is 19.0 Å². The minimum absolute atomic E-state index is 0.0128. The van der Waals surface area contributed by atoms with Gasteiger partial charge >= 0.3 is 5.97 Å². The van der Waals surface area contributed by atoms with Crippen LogP contribution in [0.2, 0.25) is 0 Å². The molecule has 7 heteroatoms. The number of ether oxygens (including phenoxy) is 1. The number of methoxy groups -OCH3 is 1. The maximum absolute atomic E-state index is 13.7. The molecule has 0 aliphatic heterocycles. The molecule has 114 valence electrons. The fourth-order valence-electron chi connectivity index (χ4n) is 1.73. The van der Waals surface area contributed by atoms with E-state index in [-0.39, 0.29) is 11.3 Å². The van der Waals surface area contributed by atoms with Gasteiger partial charge in [-0.15, -0.1) is 0 Å². The average molecular weight is 309 g/mol. The van der Waals surface area contributed by atoms with E-state index in [1.807, 2.05) is 0 Å². The molecular formula is C15H10F3NO3. The Bertz CT molecular complexity index is 747. The maximum Gasteiger partial charge on any atom is 0.337 e. The lowest BCUT2D eigenvalue weighted by Crippen LogP contribution is -2.15. The van der Waals surface area contributed by atoms with Crippen molar-refractivity contribution in [3.63, 3.8) is 0 Å². The van der Waals surface area contributed by atoms with Gasteiger partial charge in [0, 0.05) is 6.07 Å². The van der Waals surface area contributed by atoms with E-state index in [1.54, 1.807) is 0 Å². The van der Waals surface area contributed by atoms with E-state index in [9.17, 15) is 22.8 Å². The zero-order valence-electron chi connectivity index (χ0n) is 11.3. The van der Waals surface area contributed by atoms with Crippen molar-refractivity contribution in [2.24, 2.45) is 0 Å². The van der Waals surface area contributed by atoms with Crippen molar-refractivity contribution in [1.82, 2.24) is 0 Å². The molecule has 2 aromatic rings. The summed E-state index contributed by atoms with van der Waals surface area (Å²) in [5.41, 5.74) is -0.764. The lowest BCUT2D eigenvalue weighted by Gasteiger charge is -2.09. The van der Waals surface area contributed by atoms with Crippen LogP contribution in [0.1, 0.15) is 20.7 Å². The summed E-state index contributed by atoms with van der Waals surface area (Å²) >= 11 is 0. The van der Waals surface area contributed by atoms with Crippen LogP contribution in [0.15, 0.2) is 36.4 Å². The number of anilines is 1. The van der Waals surface area contributed by atoms with Crippen LogP contribution >= 0.6 is 0 Å². The highest BCUT2D eigenvalue weighted by atomic mass is 19.1. The number of rotatable bonds is 3. The van der Waals surface area contributed by atoms with E-state index >= 15 is 0 Å². The number of esters is 1. The van der Waals surface area contributed by atoms with Gasteiger partial charge in [-0.2, -0.15) is 0 Å². The number of carbonyl (C=O) groups excluding carboxylic acids is 2. The number of benzene rings is 2. The summed E-state index contributed by atoms with van der Waals surface area (Å²) in [6.07, 6.45) is 0. The molecule has 4 nitrogen and oxygen atoms in total. The number of hydrogen-bond acceptors (Lipinski definition) is 3. The molecule has 0 atom stereocenters. The molecule has 0 bridgehead atoms. The van der Waals surface area contributed by atoms with Gasteiger partial charge in [0.05, 0.1) is 23.9 Å². The Hall–Kier alpha value is -2.83. The standard InChI is InChI=1S/C15H10F3NO3/c1-22-15(21)8-2-5-11(17)13(6-8)19-14(20)10-4-3-9(16)7-12(10)18/h2-7H,1H3,(H,19,20). The van der Waals surface area contributed by atoms with Crippen molar-refractivity contribution < 1.29 is 27.5 Å². The molecule has 0 radical (unpaired) electrons. The Labute approximate surface area is 123 Å². The molecule has 2 aromatic carbocycles. The second-order valence-electron chi connectivity index (χ2n) is 4.26. The summed E-state index contributed by atoms with van der Waals surface area (Å²) in [6, 6.07) is 5.57. The van der Waals surface area contributed by atoms with Crippen LogP contribution in [-0.2, 0) is 4.74 Å². The Morgan fingerprint density at radius 3 is 2.36 bits per heavy atom. The molecule has 0 aliphatic carbocycles. The van der Waals surface area contributed by atoms with E-state index in [4.69, 9.17) is 0 Å². The summed E-state index contributed by atoms with van der Waals surface area (Å²) in [6.45, 7) is 0. The van der Waals surface area contributed by atoms with Gasteiger partial charge in [-0.3, -0.25) is 4.79 Å². The number of nitrogens with one attached hydrogen (secondary N) is 1. The first-order valence-corrected chi connectivity index (χ1v) is 6.06. The molecule has 2 rings (SSSR count). The van der Waals surface area contributed by atoms with Crippen molar-refractivity contribution in [2.45, 2.75) is 0 Å². The summed E-state index contributed by atoms with van der Waals surface area (Å²) in [7, 11) is 1.15. The van der Waals surface area contributed by atoms with Crippen molar-refractivity contribution in [3.05, 3.63) is 65.0 Å². The van der Waals surface area contributed by atoms with Crippen LogP contribution < -0.4 is 5.32 Å². The van der Waals surface area contributed by atoms with Crippen LogP contribution in [0.4, 0.5) is 18.9 Å². The molecule has 1 amide bonds. The van der Waals surface area contributed by atoms with Gasteiger partial charge in [0.15, 0.2) is 0 Å². The number of hydrogen-bond donors (Lipinski definition) is 1. The molecule has 0 aromatic heterocycles. The third-order valence-electron chi connectivity index (χ3n) is 2.81. The normalized spacial score (nSPS) is 10.2. The second-order valence-corrected chi connectivity index (χ2v) is 4.26. The fraction of sp³-hybridized carbons (Fsp3) is 0.0667. The first-order chi connectivity index (χ1) is 10.4. The minimum atomic E-state index is -1.08. The Morgan fingerprint density at radius 1 is 1.00 bits per heavy atom. The SMILES string of the molecule is COC(=O)c1ccc(F)c(NC(=O)c2ccc(F)cc2F)c1. The molecule has 0 saturated carbocycles. The van der Waals surface area contributed by atoms with Gasteiger partial charge in [-0.25, -0.2) is 18.0 Å². The predicted octanol–water partition coefficient (Wildman–Crippen LogP) is 3.14. The highest BCUT2D eigenvalue weighted by Gasteiger charge is 2.16. The molecule has 0 unspecified atom stereocenters. The first kappa shape index (κ1) is 15.6. The summed E-state index contributed by atoms with van der Waals surface area (Å²) in [4.78, 5) is 23.3. The van der Waals surface area contributed by atoms with E-state index in [0.29, 0.717) is 6.07 Å². The molecule has 22 heavy (non-hydrogen) atoms. The number of halogens is 3. The van der Waals surface area contributed by atoms with Crippen molar-refractivity contribution in [3.8, 4) is 0 Å². The van der Waals surface area contributed by atoms with Gasteiger partial charge < -0.3 is 10.1 Å². The van der Waals surface area contributed by atoms with Crippen molar-refractivity contribution in [2.75, 3.05) is 12.4 Å². The highest BCUT2D eigenvalue weighted by Crippen LogP contribution is 2.19. The predicted molar refractivity (Wildman–Crippen MR) is 72.1 cm³/mol. The number of carbonyl (C=O) groups is 2. The van der Waals surface area contributed by atoms with Crippen LogP contribution in [0.5, 0.6) is 0 Å². The first-order valence-electron chi connectivity index (χ1n) is 6.06. The molecule has 0 fully saturated rings. The van der Waals surface area contributed by atoms with Crippen LogP contribution in [0, 0.1) is 17.5 Å². The Morgan fingerprint density at radius 2 is 1.73 bits per heavy atom. The topological polar surface area (TPSA) is 55.4 Å². The molecule has 0 saturated heterocycles.